The predicted octanol–water partition coefficient (Wildman–Crippen LogP) is 4.19. The summed E-state index contributed by atoms with van der Waals surface area (Å²) in [6.07, 6.45) is 0.899. The number of aliphatic hydroxyl groups is 1. The fourth-order valence-corrected chi connectivity index (χ4v) is 2.87. The maximum atomic E-state index is 12.4. The summed E-state index contributed by atoms with van der Waals surface area (Å²) in [6, 6.07) is 4.86. The molecular weight excluding hydrogens is 370 g/mol. The van der Waals surface area contributed by atoms with Gasteiger partial charge in [-0.25, -0.2) is 0 Å². The fourth-order valence-electron chi connectivity index (χ4n) is 2.87. The molecule has 29 heavy (non-hydrogen) atoms. The van der Waals surface area contributed by atoms with Gasteiger partial charge in [-0.05, 0) is 42.0 Å². The lowest BCUT2D eigenvalue weighted by atomic mass is 9.90. The van der Waals surface area contributed by atoms with Crippen LogP contribution in [-0.4, -0.2) is 30.6 Å². The van der Waals surface area contributed by atoms with Gasteiger partial charge in [-0.1, -0.05) is 54.5 Å². The molecule has 1 aromatic rings. The number of carbonyl (C=O) groups excluding carboxylic acids is 2. The first-order chi connectivity index (χ1) is 13.2. The van der Waals surface area contributed by atoms with Gasteiger partial charge >= 0.3 is 11.9 Å². The van der Waals surface area contributed by atoms with E-state index >= 15 is 0 Å². The topological polar surface area (TPSA) is 84.9 Å². The summed E-state index contributed by atoms with van der Waals surface area (Å²) in [5.74, 6) is -0.508. The molecule has 6 heteroatoms. The second-order valence-corrected chi connectivity index (χ2v) is 10.00. The summed E-state index contributed by atoms with van der Waals surface area (Å²) >= 11 is 0. The minimum Gasteiger partial charge on any atom is -0.423 e. The van der Waals surface area contributed by atoms with Gasteiger partial charge in [0.15, 0.2) is 11.5 Å². The zero-order valence-electron chi connectivity index (χ0n) is 19.1. The van der Waals surface area contributed by atoms with Crippen LogP contribution in [0.3, 0.4) is 0 Å². The maximum absolute atomic E-state index is 12.4. The van der Waals surface area contributed by atoms with Gasteiger partial charge in [0.05, 0.1) is 12.8 Å². The van der Waals surface area contributed by atoms with Gasteiger partial charge < -0.3 is 19.9 Å². The number of hydrogen-bond donors (Lipinski definition) is 2. The Labute approximate surface area is 175 Å². The molecule has 1 atom stereocenters. The Morgan fingerprint density at radius 2 is 1.41 bits per heavy atom. The van der Waals surface area contributed by atoms with Gasteiger partial charge in [0.1, 0.15) is 5.60 Å². The average molecular weight is 408 g/mol. The molecule has 0 radical (unpaired) electrons. The van der Waals surface area contributed by atoms with Crippen LogP contribution in [0.4, 0.5) is 0 Å². The molecule has 164 valence electrons. The number of carbonyl (C=O) groups is 2. The van der Waals surface area contributed by atoms with Gasteiger partial charge in [0.25, 0.3) is 0 Å². The third kappa shape index (κ3) is 8.54. The van der Waals surface area contributed by atoms with Crippen LogP contribution in [0, 0.1) is 10.8 Å². The summed E-state index contributed by atoms with van der Waals surface area (Å²) in [6.45, 7) is 13.9. The normalized spacial score (nSPS) is 14.2. The lowest BCUT2D eigenvalue weighted by Crippen LogP contribution is -2.36. The van der Waals surface area contributed by atoms with Crippen molar-refractivity contribution >= 4 is 11.9 Å². The smallest absolute Gasteiger partial charge is 0.311 e. The van der Waals surface area contributed by atoms with E-state index in [1.807, 2.05) is 48.5 Å². The lowest BCUT2D eigenvalue weighted by Gasteiger charge is -2.28. The first-order valence-corrected chi connectivity index (χ1v) is 10.1. The van der Waals surface area contributed by atoms with Gasteiger partial charge in [-0.15, -0.1) is 0 Å². The van der Waals surface area contributed by atoms with Crippen LogP contribution in [0.5, 0.6) is 11.5 Å². The number of esters is 2. The molecule has 0 fully saturated rings. The van der Waals surface area contributed by atoms with Crippen LogP contribution in [0.1, 0.15) is 73.3 Å². The maximum Gasteiger partial charge on any atom is 0.311 e. The highest BCUT2D eigenvalue weighted by molar-refractivity contribution is 5.77. The summed E-state index contributed by atoms with van der Waals surface area (Å²) in [7, 11) is 1.76. The zero-order chi connectivity index (χ0) is 22.5. The quantitative estimate of drug-likeness (QED) is 0.497. The van der Waals surface area contributed by atoms with Crippen LogP contribution in [0.15, 0.2) is 18.2 Å². The Morgan fingerprint density at radius 1 is 0.931 bits per heavy atom. The highest BCUT2D eigenvalue weighted by atomic mass is 16.6. The average Bonchev–Trinajstić information content (AvgIpc) is 2.53. The van der Waals surface area contributed by atoms with E-state index < -0.39 is 17.5 Å². The molecular formula is C23H37NO5. The fraction of sp³-hybridized carbons (Fsp3) is 0.652. The molecule has 1 aromatic carbocycles. The number of likely N-dealkylation sites (N-methyl/N-ethyl adjacent to an activating group) is 1. The van der Waals surface area contributed by atoms with Crippen LogP contribution in [0.25, 0.3) is 0 Å². The van der Waals surface area contributed by atoms with Crippen molar-refractivity contribution in [2.24, 2.45) is 10.8 Å². The molecule has 0 aliphatic carbocycles. The molecule has 0 bridgehead atoms. The Kier molecular flexibility index (Phi) is 8.42. The van der Waals surface area contributed by atoms with E-state index in [2.05, 4.69) is 5.32 Å². The number of nitrogens with one attached hydrogen (secondary N) is 1. The highest BCUT2D eigenvalue weighted by Crippen LogP contribution is 2.35. The van der Waals surface area contributed by atoms with Gasteiger partial charge in [0, 0.05) is 6.54 Å². The van der Waals surface area contributed by atoms with E-state index in [0.717, 1.165) is 0 Å². The molecule has 1 unspecified atom stereocenters. The number of ether oxygens (including phenoxy) is 2. The number of hydrogen-bond acceptors (Lipinski definition) is 6. The van der Waals surface area contributed by atoms with E-state index in [0.29, 0.717) is 18.5 Å². The SMILES string of the molecule is CCC(O)(CNC)c1ccc(OC(=O)CC(C)(C)C)c(OC(=O)CC(C)(C)C)c1. The summed E-state index contributed by atoms with van der Waals surface area (Å²) in [5, 5.41) is 13.9. The molecule has 0 amide bonds. The molecule has 0 heterocycles. The molecule has 0 aromatic heterocycles. The van der Waals surface area contributed by atoms with Crippen molar-refractivity contribution in [2.75, 3.05) is 13.6 Å². The summed E-state index contributed by atoms with van der Waals surface area (Å²) in [5.41, 5.74) is -1.01. The van der Waals surface area contributed by atoms with Crippen molar-refractivity contribution in [1.82, 2.24) is 5.32 Å². The van der Waals surface area contributed by atoms with Crippen LogP contribution in [-0.2, 0) is 15.2 Å². The first-order valence-electron chi connectivity index (χ1n) is 10.1. The van der Waals surface area contributed by atoms with Crippen molar-refractivity contribution < 1.29 is 24.2 Å². The molecule has 0 saturated carbocycles. The summed E-state index contributed by atoms with van der Waals surface area (Å²) in [4.78, 5) is 24.7. The van der Waals surface area contributed by atoms with Crippen molar-refractivity contribution in [3.8, 4) is 11.5 Å². The van der Waals surface area contributed by atoms with Gasteiger partial charge in [-0.3, -0.25) is 9.59 Å². The van der Waals surface area contributed by atoms with Crippen molar-refractivity contribution in [3.05, 3.63) is 23.8 Å². The molecule has 0 aliphatic rings. The largest absolute Gasteiger partial charge is 0.423 e. The number of benzene rings is 1. The monoisotopic (exact) mass is 407 g/mol. The van der Waals surface area contributed by atoms with Crippen LogP contribution >= 0.6 is 0 Å². The van der Waals surface area contributed by atoms with E-state index in [-0.39, 0.29) is 35.2 Å². The third-order valence-corrected chi connectivity index (χ3v) is 4.33. The van der Waals surface area contributed by atoms with Crippen LogP contribution < -0.4 is 14.8 Å². The Balaban J connectivity index is 3.26. The van der Waals surface area contributed by atoms with Gasteiger partial charge in [0.2, 0.25) is 0 Å². The molecule has 0 spiro atoms. The van der Waals surface area contributed by atoms with Crippen molar-refractivity contribution in [2.45, 2.75) is 73.3 Å². The van der Waals surface area contributed by atoms with Crippen molar-refractivity contribution in [3.63, 3.8) is 0 Å². The highest BCUT2D eigenvalue weighted by Gasteiger charge is 2.29. The third-order valence-electron chi connectivity index (χ3n) is 4.33. The van der Waals surface area contributed by atoms with E-state index in [1.54, 1.807) is 25.2 Å². The molecule has 2 N–H and O–H groups in total. The van der Waals surface area contributed by atoms with E-state index in [1.165, 1.54) is 0 Å². The predicted molar refractivity (Wildman–Crippen MR) is 114 cm³/mol. The van der Waals surface area contributed by atoms with E-state index in [9.17, 15) is 14.7 Å². The lowest BCUT2D eigenvalue weighted by molar-refractivity contribution is -0.139. The zero-order valence-corrected chi connectivity index (χ0v) is 19.1. The molecule has 1 rings (SSSR count). The second-order valence-electron chi connectivity index (χ2n) is 10.00. The standard InChI is InChI=1S/C23H37NO5/c1-9-23(27,15-24-8)16-10-11-17(28-19(25)13-21(2,3)4)18(12-16)29-20(26)14-22(5,6)7/h10-12,24,27H,9,13-15H2,1-8H3. The Bertz CT molecular complexity index is 715. The minimum atomic E-state index is -1.13. The van der Waals surface area contributed by atoms with Crippen LogP contribution in [0.2, 0.25) is 0 Å². The molecule has 0 saturated heterocycles. The molecule has 0 aliphatic heterocycles. The van der Waals surface area contributed by atoms with Crippen molar-refractivity contribution in [1.29, 1.82) is 0 Å². The second kappa shape index (κ2) is 9.72. The Morgan fingerprint density at radius 3 is 1.83 bits per heavy atom. The Hall–Kier alpha value is -1.92. The number of rotatable bonds is 8. The molecule has 6 nitrogen and oxygen atoms in total. The van der Waals surface area contributed by atoms with E-state index in [4.69, 9.17) is 9.47 Å². The summed E-state index contributed by atoms with van der Waals surface area (Å²) < 4.78 is 11.1. The minimum absolute atomic E-state index is 0.141. The van der Waals surface area contributed by atoms with Gasteiger partial charge in [-0.2, -0.15) is 0 Å². The first kappa shape index (κ1) is 25.1.